The van der Waals surface area contributed by atoms with Crippen LogP contribution in [0.3, 0.4) is 0 Å². The van der Waals surface area contributed by atoms with Gasteiger partial charge in [-0.3, -0.25) is 14.5 Å². The summed E-state index contributed by atoms with van der Waals surface area (Å²) in [7, 11) is 3.22. The number of carbonyl (C=O) groups excluding carboxylic acids is 1. The number of methoxy groups -OCH3 is 1. The third kappa shape index (κ3) is 4.69. The van der Waals surface area contributed by atoms with E-state index in [1.807, 2.05) is 0 Å². The number of aromatic nitrogens is 2. The van der Waals surface area contributed by atoms with Crippen LogP contribution in [0, 0.1) is 11.8 Å². The Balaban J connectivity index is 0.00000243. The Labute approximate surface area is 172 Å². The van der Waals surface area contributed by atoms with Gasteiger partial charge in [0.15, 0.2) is 5.96 Å². The van der Waals surface area contributed by atoms with Crippen LogP contribution in [0.1, 0.15) is 44.3 Å². The van der Waals surface area contributed by atoms with Gasteiger partial charge in [0.05, 0.1) is 31.3 Å². The summed E-state index contributed by atoms with van der Waals surface area (Å²) in [6.07, 6.45) is 7.16. The Morgan fingerprint density at radius 2 is 2.12 bits per heavy atom. The summed E-state index contributed by atoms with van der Waals surface area (Å²) in [6.45, 7) is 4.16. The number of hydrogen-bond acceptors (Lipinski definition) is 4. The van der Waals surface area contributed by atoms with Crippen LogP contribution < -0.4 is 5.32 Å². The minimum Gasteiger partial charge on any atom is -0.469 e. The second kappa shape index (κ2) is 9.57. The number of nitrogens with one attached hydrogen (secondary N) is 1. The lowest BCUT2D eigenvalue weighted by Crippen LogP contribution is -2.40. The molecule has 0 spiro atoms. The summed E-state index contributed by atoms with van der Waals surface area (Å²) in [5, 5.41) is 8.08. The molecule has 1 aromatic heterocycles. The molecule has 0 bridgehead atoms. The molecule has 26 heavy (non-hydrogen) atoms. The predicted molar refractivity (Wildman–Crippen MR) is 112 cm³/mol. The second-order valence-electron chi connectivity index (χ2n) is 7.14. The van der Waals surface area contributed by atoms with Gasteiger partial charge in [0.1, 0.15) is 0 Å². The topological polar surface area (TPSA) is 71.8 Å². The van der Waals surface area contributed by atoms with E-state index in [2.05, 4.69) is 39.1 Å². The third-order valence-electron chi connectivity index (χ3n) is 5.42. The smallest absolute Gasteiger partial charge is 0.310 e. The van der Waals surface area contributed by atoms with Gasteiger partial charge in [-0.2, -0.15) is 5.10 Å². The first-order chi connectivity index (χ1) is 12.1. The van der Waals surface area contributed by atoms with Gasteiger partial charge < -0.3 is 15.0 Å². The number of aliphatic imine (C=N–C) groups is 1. The molecule has 2 heterocycles. The van der Waals surface area contributed by atoms with Crippen molar-refractivity contribution < 1.29 is 9.53 Å². The highest BCUT2D eigenvalue weighted by atomic mass is 127. The van der Waals surface area contributed by atoms with E-state index in [-0.39, 0.29) is 41.8 Å². The van der Waals surface area contributed by atoms with Crippen molar-refractivity contribution in [3.8, 4) is 0 Å². The lowest BCUT2D eigenvalue weighted by atomic mass is 9.99. The number of rotatable bonds is 4. The van der Waals surface area contributed by atoms with Gasteiger partial charge in [-0.05, 0) is 24.8 Å². The Morgan fingerprint density at radius 1 is 1.38 bits per heavy atom. The van der Waals surface area contributed by atoms with Crippen molar-refractivity contribution in [2.75, 3.05) is 27.2 Å². The fourth-order valence-electron chi connectivity index (χ4n) is 3.94. The highest BCUT2D eigenvalue weighted by molar-refractivity contribution is 14.0. The summed E-state index contributed by atoms with van der Waals surface area (Å²) in [5.74, 6) is 0.840. The molecule has 2 unspecified atom stereocenters. The number of carbonyl (C=O) groups is 1. The Bertz CT molecular complexity index is 627. The monoisotopic (exact) mass is 475 g/mol. The van der Waals surface area contributed by atoms with Crippen LogP contribution in [0.4, 0.5) is 0 Å². The molecule has 8 heteroatoms. The van der Waals surface area contributed by atoms with E-state index in [1.165, 1.54) is 32.8 Å². The van der Waals surface area contributed by atoms with Crippen LogP contribution in [0.2, 0.25) is 0 Å². The first kappa shape index (κ1) is 21.0. The Kier molecular flexibility index (Phi) is 7.72. The summed E-state index contributed by atoms with van der Waals surface area (Å²) in [6, 6.07) is 2.64. The molecule has 7 nitrogen and oxygen atoms in total. The van der Waals surface area contributed by atoms with Crippen molar-refractivity contribution in [2.24, 2.45) is 16.8 Å². The van der Waals surface area contributed by atoms with Gasteiger partial charge in [-0.25, -0.2) is 0 Å². The molecule has 1 saturated heterocycles. The quantitative estimate of drug-likeness (QED) is 0.314. The van der Waals surface area contributed by atoms with E-state index in [4.69, 9.17) is 9.84 Å². The zero-order valence-electron chi connectivity index (χ0n) is 15.9. The van der Waals surface area contributed by atoms with Crippen LogP contribution in [0.25, 0.3) is 0 Å². The van der Waals surface area contributed by atoms with Gasteiger partial charge in [0.25, 0.3) is 0 Å². The summed E-state index contributed by atoms with van der Waals surface area (Å²) >= 11 is 0. The normalized spacial score (nSPS) is 23.8. The molecule has 0 amide bonds. The highest BCUT2D eigenvalue weighted by Gasteiger charge is 2.36. The molecule has 1 aliphatic heterocycles. The molecule has 1 saturated carbocycles. The average Bonchev–Trinajstić information content (AvgIpc) is 3.35. The molecule has 0 aromatic carbocycles. The van der Waals surface area contributed by atoms with Crippen LogP contribution >= 0.6 is 24.0 Å². The van der Waals surface area contributed by atoms with Crippen LogP contribution in [-0.4, -0.2) is 53.9 Å². The molecule has 3 rings (SSSR count). The Morgan fingerprint density at radius 3 is 2.77 bits per heavy atom. The lowest BCUT2D eigenvalue weighted by Gasteiger charge is -2.21. The minimum absolute atomic E-state index is 0. The first-order valence-electron chi connectivity index (χ1n) is 9.19. The minimum atomic E-state index is -0.138. The molecule has 1 N–H and O–H groups in total. The van der Waals surface area contributed by atoms with E-state index in [1.54, 1.807) is 7.05 Å². The molecule has 1 aliphatic carbocycles. The first-order valence-corrected chi connectivity index (χ1v) is 9.19. The molecule has 0 radical (unpaired) electrons. The van der Waals surface area contributed by atoms with Gasteiger partial charge in [-0.1, -0.05) is 19.8 Å². The van der Waals surface area contributed by atoms with Crippen LogP contribution in [0.15, 0.2) is 17.3 Å². The van der Waals surface area contributed by atoms with Crippen molar-refractivity contribution >= 4 is 35.9 Å². The largest absolute Gasteiger partial charge is 0.469 e. The number of halogens is 1. The zero-order valence-corrected chi connectivity index (χ0v) is 18.2. The fourth-order valence-corrected chi connectivity index (χ4v) is 3.94. The van der Waals surface area contributed by atoms with Gasteiger partial charge in [0, 0.05) is 26.3 Å². The SMILES string of the molecule is CN=C(NCc1ccn(C2CCCC2)n1)N1CC(C)C(C(=O)OC)C1.I. The maximum absolute atomic E-state index is 11.9. The summed E-state index contributed by atoms with van der Waals surface area (Å²) in [5.41, 5.74) is 1.02. The maximum atomic E-state index is 11.9. The van der Waals surface area contributed by atoms with E-state index < -0.39 is 0 Å². The number of likely N-dealkylation sites (tertiary alicyclic amines) is 1. The molecular weight excluding hydrogens is 445 g/mol. The van der Waals surface area contributed by atoms with Gasteiger partial charge >= 0.3 is 5.97 Å². The van der Waals surface area contributed by atoms with E-state index in [0.717, 1.165) is 18.2 Å². The van der Waals surface area contributed by atoms with Crippen molar-refractivity contribution in [3.63, 3.8) is 0 Å². The van der Waals surface area contributed by atoms with Crippen molar-refractivity contribution in [1.29, 1.82) is 0 Å². The number of esters is 1. The van der Waals surface area contributed by atoms with E-state index in [9.17, 15) is 4.79 Å². The molecule has 146 valence electrons. The van der Waals surface area contributed by atoms with Crippen LogP contribution in [-0.2, 0) is 16.1 Å². The zero-order chi connectivity index (χ0) is 17.8. The summed E-state index contributed by atoms with van der Waals surface area (Å²) < 4.78 is 7.02. The molecule has 2 fully saturated rings. The molecule has 1 aromatic rings. The lowest BCUT2D eigenvalue weighted by molar-refractivity contribution is -0.145. The number of ether oxygens (including phenoxy) is 1. The fraction of sp³-hybridized carbons (Fsp3) is 0.722. The number of guanidine groups is 1. The van der Waals surface area contributed by atoms with Gasteiger partial charge in [-0.15, -0.1) is 24.0 Å². The number of nitrogens with zero attached hydrogens (tertiary/aromatic N) is 4. The van der Waals surface area contributed by atoms with Crippen molar-refractivity contribution in [3.05, 3.63) is 18.0 Å². The van der Waals surface area contributed by atoms with E-state index >= 15 is 0 Å². The van der Waals surface area contributed by atoms with Crippen LogP contribution in [0.5, 0.6) is 0 Å². The molecule has 2 atom stereocenters. The van der Waals surface area contributed by atoms with Crippen molar-refractivity contribution in [2.45, 2.75) is 45.2 Å². The molecular formula is C18H30IN5O2. The Hall–Kier alpha value is -1.32. The number of hydrogen-bond donors (Lipinski definition) is 1. The average molecular weight is 475 g/mol. The van der Waals surface area contributed by atoms with Crippen molar-refractivity contribution in [1.82, 2.24) is 20.0 Å². The molecule has 2 aliphatic rings. The maximum Gasteiger partial charge on any atom is 0.310 e. The summed E-state index contributed by atoms with van der Waals surface area (Å²) in [4.78, 5) is 18.4. The van der Waals surface area contributed by atoms with Gasteiger partial charge in [0.2, 0.25) is 0 Å². The predicted octanol–water partition coefficient (Wildman–Crippen LogP) is 2.43. The standard InChI is InChI=1S/C18H29N5O2.HI/c1-13-11-22(12-16(13)17(24)25-3)18(19-2)20-10-14-8-9-23(21-14)15-6-4-5-7-15;/h8-9,13,15-16H,4-7,10-12H2,1-3H3,(H,19,20);1H. The second-order valence-corrected chi connectivity index (χ2v) is 7.14. The highest BCUT2D eigenvalue weighted by Crippen LogP contribution is 2.28. The third-order valence-corrected chi connectivity index (χ3v) is 5.42. The van der Waals surface area contributed by atoms with E-state index in [0.29, 0.717) is 19.1 Å².